The molecule has 1 amide bonds. The highest BCUT2D eigenvalue weighted by atomic mass is 32.1. The standard InChI is InChI=1S/C19H15FN4O6S/c20-12-3-4-16-17(8-12)31-19(21-16)22(10-15-2-1-5-30-15)18(25)11-6-13(23(26)27)9-14(7-11)24(28)29/h3-4,6-9,15H,1-2,5,10H2. The third-order valence-electron chi connectivity index (χ3n) is 4.80. The fourth-order valence-corrected chi connectivity index (χ4v) is 4.32. The maximum Gasteiger partial charge on any atom is 0.277 e. The zero-order valence-electron chi connectivity index (χ0n) is 15.9. The van der Waals surface area contributed by atoms with E-state index in [9.17, 15) is 29.4 Å². The first-order valence-electron chi connectivity index (χ1n) is 9.25. The highest BCUT2D eigenvalue weighted by Crippen LogP contribution is 2.32. The first-order chi connectivity index (χ1) is 14.8. The Morgan fingerprint density at radius 1 is 1.19 bits per heavy atom. The van der Waals surface area contributed by atoms with Crippen LogP contribution >= 0.6 is 11.3 Å². The number of anilines is 1. The molecular weight excluding hydrogens is 431 g/mol. The number of nitrogens with zero attached hydrogens (tertiary/aromatic N) is 4. The number of benzene rings is 2. The summed E-state index contributed by atoms with van der Waals surface area (Å²) >= 11 is 1.08. The number of thiazole rings is 1. The lowest BCUT2D eigenvalue weighted by atomic mass is 10.1. The molecule has 31 heavy (non-hydrogen) atoms. The van der Waals surface area contributed by atoms with Gasteiger partial charge in [0.1, 0.15) is 5.82 Å². The molecule has 1 unspecified atom stereocenters. The van der Waals surface area contributed by atoms with Gasteiger partial charge in [0.15, 0.2) is 5.13 Å². The first kappa shape index (κ1) is 20.8. The van der Waals surface area contributed by atoms with Gasteiger partial charge in [-0.15, -0.1) is 0 Å². The highest BCUT2D eigenvalue weighted by molar-refractivity contribution is 7.22. The molecule has 0 spiro atoms. The summed E-state index contributed by atoms with van der Waals surface area (Å²) in [7, 11) is 0. The molecule has 1 aliphatic rings. The van der Waals surface area contributed by atoms with Crippen molar-refractivity contribution >= 4 is 44.0 Å². The van der Waals surface area contributed by atoms with Crippen molar-refractivity contribution in [1.82, 2.24) is 4.98 Å². The minimum Gasteiger partial charge on any atom is -0.376 e. The lowest BCUT2D eigenvalue weighted by molar-refractivity contribution is -0.394. The molecule has 10 nitrogen and oxygen atoms in total. The quantitative estimate of drug-likeness (QED) is 0.412. The number of aromatic nitrogens is 1. The molecule has 4 rings (SSSR count). The molecule has 0 radical (unpaired) electrons. The number of halogens is 1. The number of carbonyl (C=O) groups excluding carboxylic acids is 1. The smallest absolute Gasteiger partial charge is 0.277 e. The SMILES string of the molecule is O=C(c1cc([N+](=O)[O-])cc([N+](=O)[O-])c1)N(CC1CCCO1)c1nc2ccc(F)cc2s1. The van der Waals surface area contributed by atoms with Crippen LogP contribution in [0.2, 0.25) is 0 Å². The molecule has 12 heteroatoms. The summed E-state index contributed by atoms with van der Waals surface area (Å²) in [6, 6.07) is 6.81. The molecular formula is C19H15FN4O6S. The number of ether oxygens (including phenoxy) is 1. The minimum atomic E-state index is -0.797. The summed E-state index contributed by atoms with van der Waals surface area (Å²) in [4.78, 5) is 39.8. The van der Waals surface area contributed by atoms with Crippen LogP contribution in [-0.4, -0.2) is 40.0 Å². The molecule has 3 aromatic rings. The van der Waals surface area contributed by atoms with Crippen LogP contribution in [0, 0.1) is 26.0 Å². The summed E-state index contributed by atoms with van der Waals surface area (Å²) in [5, 5.41) is 22.7. The van der Waals surface area contributed by atoms with Crippen LogP contribution < -0.4 is 4.90 Å². The van der Waals surface area contributed by atoms with E-state index in [-0.39, 0.29) is 23.3 Å². The van der Waals surface area contributed by atoms with Gasteiger partial charge in [0.2, 0.25) is 0 Å². The maximum atomic E-state index is 13.6. The van der Waals surface area contributed by atoms with Crippen molar-refractivity contribution in [3.05, 3.63) is 68.0 Å². The van der Waals surface area contributed by atoms with E-state index in [0.717, 1.165) is 36.0 Å². The molecule has 0 saturated carbocycles. The Labute approximate surface area is 178 Å². The topological polar surface area (TPSA) is 129 Å². The monoisotopic (exact) mass is 446 g/mol. The number of rotatable bonds is 6. The molecule has 0 bridgehead atoms. The van der Waals surface area contributed by atoms with Crippen LogP contribution in [-0.2, 0) is 4.74 Å². The van der Waals surface area contributed by atoms with Crippen LogP contribution in [0.15, 0.2) is 36.4 Å². The van der Waals surface area contributed by atoms with Gasteiger partial charge in [-0.3, -0.25) is 29.9 Å². The molecule has 1 atom stereocenters. The Morgan fingerprint density at radius 2 is 1.90 bits per heavy atom. The van der Waals surface area contributed by atoms with Gasteiger partial charge in [-0.05, 0) is 31.0 Å². The van der Waals surface area contributed by atoms with Crippen LogP contribution in [0.25, 0.3) is 10.2 Å². The molecule has 1 aliphatic heterocycles. The number of carbonyl (C=O) groups is 1. The van der Waals surface area contributed by atoms with Crippen molar-refractivity contribution in [3.63, 3.8) is 0 Å². The molecule has 1 saturated heterocycles. The van der Waals surface area contributed by atoms with Crippen LogP contribution in [0.4, 0.5) is 20.9 Å². The van der Waals surface area contributed by atoms with Crippen molar-refractivity contribution in [2.75, 3.05) is 18.1 Å². The lowest BCUT2D eigenvalue weighted by Gasteiger charge is -2.23. The minimum absolute atomic E-state index is 0.109. The number of non-ortho nitro benzene ring substituents is 2. The summed E-state index contributed by atoms with van der Waals surface area (Å²) < 4.78 is 19.7. The molecule has 2 heterocycles. The Hall–Kier alpha value is -3.51. The van der Waals surface area contributed by atoms with Gasteiger partial charge in [0, 0.05) is 18.7 Å². The summed E-state index contributed by atoms with van der Waals surface area (Å²) in [5.74, 6) is -1.14. The number of hydrogen-bond acceptors (Lipinski definition) is 8. The summed E-state index contributed by atoms with van der Waals surface area (Å²) in [6.07, 6.45) is 1.25. The fraction of sp³-hybridized carbons (Fsp3) is 0.263. The van der Waals surface area contributed by atoms with E-state index >= 15 is 0 Å². The van der Waals surface area contributed by atoms with Gasteiger partial charge in [-0.1, -0.05) is 11.3 Å². The van der Waals surface area contributed by atoms with Gasteiger partial charge >= 0.3 is 0 Å². The Kier molecular flexibility index (Phi) is 5.57. The van der Waals surface area contributed by atoms with E-state index < -0.39 is 32.9 Å². The highest BCUT2D eigenvalue weighted by Gasteiger charge is 2.29. The van der Waals surface area contributed by atoms with Gasteiger partial charge in [0.25, 0.3) is 17.3 Å². The van der Waals surface area contributed by atoms with Crippen molar-refractivity contribution in [2.45, 2.75) is 18.9 Å². The number of amides is 1. The Balaban J connectivity index is 1.78. The number of nitro groups is 2. The van der Waals surface area contributed by atoms with Crippen LogP contribution in [0.3, 0.4) is 0 Å². The molecule has 1 aromatic heterocycles. The van der Waals surface area contributed by atoms with E-state index in [2.05, 4.69) is 4.98 Å². The van der Waals surface area contributed by atoms with Crippen molar-refractivity contribution in [3.8, 4) is 0 Å². The summed E-state index contributed by atoms with van der Waals surface area (Å²) in [6.45, 7) is 0.650. The van der Waals surface area contributed by atoms with E-state index in [1.165, 1.54) is 23.1 Å². The van der Waals surface area contributed by atoms with Crippen LogP contribution in [0.5, 0.6) is 0 Å². The number of hydrogen-bond donors (Lipinski definition) is 0. The average molecular weight is 446 g/mol. The summed E-state index contributed by atoms with van der Waals surface area (Å²) in [5.41, 5.74) is -0.872. The predicted octanol–water partition coefficient (Wildman–Crippen LogP) is 4.08. The van der Waals surface area contributed by atoms with Gasteiger partial charge < -0.3 is 4.74 Å². The van der Waals surface area contributed by atoms with Gasteiger partial charge in [-0.2, -0.15) is 0 Å². The van der Waals surface area contributed by atoms with Gasteiger partial charge in [0.05, 0.1) is 44.3 Å². The van der Waals surface area contributed by atoms with E-state index in [1.54, 1.807) is 0 Å². The molecule has 2 aromatic carbocycles. The van der Waals surface area contributed by atoms with E-state index in [0.29, 0.717) is 23.2 Å². The Bertz CT molecular complexity index is 1160. The first-order valence-corrected chi connectivity index (χ1v) is 10.1. The number of nitro benzene ring substituents is 2. The van der Waals surface area contributed by atoms with Crippen molar-refractivity contribution in [2.24, 2.45) is 0 Å². The lowest BCUT2D eigenvalue weighted by Crippen LogP contribution is -2.37. The molecule has 0 aliphatic carbocycles. The number of fused-ring (bicyclic) bond motifs is 1. The maximum absolute atomic E-state index is 13.6. The normalized spacial score (nSPS) is 15.8. The fourth-order valence-electron chi connectivity index (χ4n) is 3.33. The third kappa shape index (κ3) is 4.34. The van der Waals surface area contributed by atoms with Crippen molar-refractivity contribution < 1.29 is 23.8 Å². The Morgan fingerprint density at radius 3 is 2.52 bits per heavy atom. The zero-order chi connectivity index (χ0) is 22.1. The molecule has 160 valence electrons. The molecule has 1 fully saturated rings. The third-order valence-corrected chi connectivity index (χ3v) is 5.84. The zero-order valence-corrected chi connectivity index (χ0v) is 16.7. The van der Waals surface area contributed by atoms with Crippen LogP contribution in [0.1, 0.15) is 23.2 Å². The van der Waals surface area contributed by atoms with E-state index in [4.69, 9.17) is 4.74 Å². The second kappa shape index (κ2) is 8.32. The van der Waals surface area contributed by atoms with E-state index in [1.807, 2.05) is 0 Å². The van der Waals surface area contributed by atoms with Crippen molar-refractivity contribution in [1.29, 1.82) is 0 Å². The van der Waals surface area contributed by atoms with Gasteiger partial charge in [-0.25, -0.2) is 9.37 Å². The second-order valence-electron chi connectivity index (χ2n) is 6.91. The molecule has 0 N–H and O–H groups in total. The second-order valence-corrected chi connectivity index (χ2v) is 7.92. The average Bonchev–Trinajstić information content (AvgIpc) is 3.40. The largest absolute Gasteiger partial charge is 0.376 e. The predicted molar refractivity (Wildman–Crippen MR) is 110 cm³/mol.